The molecule has 0 aromatic heterocycles. The van der Waals surface area contributed by atoms with Crippen molar-refractivity contribution in [2.75, 3.05) is 36.6 Å². The Morgan fingerprint density at radius 3 is 2.67 bits per heavy atom. The Labute approximate surface area is 302 Å². The fourth-order valence-corrected chi connectivity index (χ4v) is 9.93. The van der Waals surface area contributed by atoms with E-state index in [2.05, 4.69) is 26.3 Å². The summed E-state index contributed by atoms with van der Waals surface area (Å²) in [7, 11) is 1.74. The maximum atomic E-state index is 13.3. The molecule has 1 aliphatic carbocycles. The van der Waals surface area contributed by atoms with Gasteiger partial charge in [-0.15, -0.1) is 40.4 Å². The number of carboxylic acid groups (broad SMARTS) is 1. The van der Waals surface area contributed by atoms with Crippen molar-refractivity contribution in [2.24, 2.45) is 15.1 Å². The summed E-state index contributed by atoms with van der Waals surface area (Å²) in [6, 6.07) is -2.30. The van der Waals surface area contributed by atoms with E-state index in [1.807, 2.05) is 6.08 Å². The molecule has 6 aliphatic rings. The molecule has 2 atom stereocenters. The van der Waals surface area contributed by atoms with Crippen molar-refractivity contribution >= 4 is 95.3 Å². The van der Waals surface area contributed by atoms with Crippen LogP contribution in [0.5, 0.6) is 0 Å². The molecular weight excluding hydrogens is 688 g/mol. The van der Waals surface area contributed by atoms with Gasteiger partial charge in [0.05, 0.1) is 36.0 Å². The number of aliphatic imine (C=N–C) groups is 2. The number of hydrogen-bond acceptors (Lipinski definition) is 15. The maximum absolute atomic E-state index is 13.3. The van der Waals surface area contributed by atoms with Gasteiger partial charge in [-0.3, -0.25) is 19.5 Å². The second-order valence-corrected chi connectivity index (χ2v) is 14.8. The summed E-state index contributed by atoms with van der Waals surface area (Å²) < 4.78 is 1.63. The number of β-lactam (4-membered cyclic amide) rings is 1. The van der Waals surface area contributed by atoms with Crippen molar-refractivity contribution in [1.29, 1.82) is 0 Å². The number of nitrogens with zero attached hydrogens (tertiary/aromatic N) is 7. The summed E-state index contributed by atoms with van der Waals surface area (Å²) in [5.41, 5.74) is 4.45. The van der Waals surface area contributed by atoms with Crippen molar-refractivity contribution in [3.05, 3.63) is 34.7 Å². The number of carbonyl (C=O) groups excluding carboxylic acids is 5. The second kappa shape index (κ2) is 15.2. The summed E-state index contributed by atoms with van der Waals surface area (Å²) in [5.74, 6) is 0.0236. The molecule has 0 spiro atoms. The van der Waals surface area contributed by atoms with Crippen molar-refractivity contribution in [3.63, 3.8) is 0 Å². The van der Waals surface area contributed by atoms with Gasteiger partial charge in [0.25, 0.3) is 5.91 Å². The molecule has 6 rings (SSSR count). The van der Waals surface area contributed by atoms with Crippen molar-refractivity contribution in [1.82, 2.24) is 35.5 Å². The van der Waals surface area contributed by atoms with E-state index in [9.17, 15) is 29.1 Å². The molecule has 5 aliphatic heterocycles. The summed E-state index contributed by atoms with van der Waals surface area (Å²) in [4.78, 5) is 74.2. The quantitative estimate of drug-likeness (QED) is 0.122. The van der Waals surface area contributed by atoms with Crippen LogP contribution in [0.3, 0.4) is 0 Å². The minimum atomic E-state index is -1.46. The number of aliphatic carboxylic acids is 1. The van der Waals surface area contributed by atoms with Gasteiger partial charge in [-0.25, -0.2) is 29.4 Å². The number of hydrazine groups is 2. The Bertz CT molecular complexity index is 1510. The zero-order valence-corrected chi connectivity index (χ0v) is 30.0. The molecule has 3 N–H and O–H groups in total. The summed E-state index contributed by atoms with van der Waals surface area (Å²) in [6.07, 6.45) is 6.68. The van der Waals surface area contributed by atoms with E-state index >= 15 is 0 Å². The van der Waals surface area contributed by atoms with Crippen LogP contribution in [0.4, 0.5) is 9.59 Å². The number of nitrogens with one attached hydrogen (secondary N) is 3. The smallest absolute Gasteiger partial charge is 0.543 e. The minimum Gasteiger partial charge on any atom is -0.543 e. The fraction of sp³-hybridized carbons (Fsp3) is 0.440. The molecule has 21 heteroatoms. The fourth-order valence-electron chi connectivity index (χ4n) is 5.07. The molecule has 2 fully saturated rings. The van der Waals surface area contributed by atoms with E-state index in [-0.39, 0.29) is 58.7 Å². The van der Waals surface area contributed by atoms with E-state index in [0.717, 1.165) is 16.4 Å². The SMILES string of the molecule is CN1NN=CN1SCC1=C(C(=O)[O-])N2C(=O)C(NC(=O)CC3=C(NC(=O)N4CC=NC4=O)C(=NC4SCCS4)CC=C3)[C@@H]2SC1.[Na+]. The number of carbonyl (C=O) groups is 5. The first-order valence-electron chi connectivity index (χ1n) is 13.7. The molecule has 1 unspecified atom stereocenters. The van der Waals surface area contributed by atoms with Crippen molar-refractivity contribution in [2.45, 2.75) is 29.0 Å². The molecule has 0 saturated carbocycles. The van der Waals surface area contributed by atoms with Crippen LogP contribution in [-0.4, -0.2) is 120 Å². The van der Waals surface area contributed by atoms with Gasteiger partial charge in [0, 0.05) is 42.7 Å². The zero-order chi connectivity index (χ0) is 31.7. The molecule has 0 bridgehead atoms. The first-order valence-corrected chi connectivity index (χ1v) is 17.8. The van der Waals surface area contributed by atoms with E-state index < -0.39 is 41.3 Å². The van der Waals surface area contributed by atoms with Crippen LogP contribution < -0.4 is 50.8 Å². The normalized spacial score (nSPS) is 25.2. The number of amides is 6. The van der Waals surface area contributed by atoms with Crippen LogP contribution in [0.25, 0.3) is 0 Å². The van der Waals surface area contributed by atoms with Gasteiger partial charge >= 0.3 is 41.6 Å². The third-order valence-electron chi connectivity index (χ3n) is 7.21. The van der Waals surface area contributed by atoms with Crippen LogP contribution in [0.1, 0.15) is 12.8 Å². The van der Waals surface area contributed by atoms with Gasteiger partial charge in [0.15, 0.2) is 0 Å². The molecule has 0 aromatic carbocycles. The number of hydrazone groups is 1. The molecule has 16 nitrogen and oxygen atoms in total. The molecule has 46 heavy (non-hydrogen) atoms. The Morgan fingerprint density at radius 2 is 2.00 bits per heavy atom. The molecule has 0 radical (unpaired) electrons. The standard InChI is InChI=1S/C25H28N10O6S4.Na/c1-32-31-27-12-34(32)45-11-14-10-44-21-18(20(37)35(21)19(14)22(38)39)29-16(36)9-13-3-2-4-15(28-25-42-7-8-43-25)17(13)30-24(41)33-6-5-26-23(33)40;/h2-3,5,12,18,21,25,31H,4,6-11H2,1H3,(H,29,36)(H,30,41)(H,38,39);/q;+1/p-1/t18?,21-;/m0./s1. The van der Waals surface area contributed by atoms with E-state index in [1.165, 1.54) is 34.8 Å². The minimum absolute atomic E-state index is 0. The van der Waals surface area contributed by atoms with Crippen molar-refractivity contribution < 1.29 is 58.6 Å². The molecule has 5 heterocycles. The number of allylic oxidation sites excluding steroid dienone is 3. The predicted molar refractivity (Wildman–Crippen MR) is 171 cm³/mol. The molecular formula is C25H27N10NaO6S4. The summed E-state index contributed by atoms with van der Waals surface area (Å²) in [6.45, 7) is 0.0349. The van der Waals surface area contributed by atoms with Gasteiger partial charge < -0.3 is 20.5 Å². The average Bonchev–Trinajstić information content (AvgIpc) is 3.78. The number of urea groups is 2. The van der Waals surface area contributed by atoms with Crippen LogP contribution in [0.2, 0.25) is 0 Å². The van der Waals surface area contributed by atoms with Crippen LogP contribution in [0.15, 0.2) is 49.8 Å². The largest absolute Gasteiger partial charge is 1.00 e. The van der Waals surface area contributed by atoms with E-state index in [4.69, 9.17) is 4.99 Å². The maximum Gasteiger partial charge on any atom is 1.00 e. The van der Waals surface area contributed by atoms with Crippen LogP contribution in [-0.2, 0) is 14.4 Å². The third kappa shape index (κ3) is 7.33. The summed E-state index contributed by atoms with van der Waals surface area (Å²) in [5, 5.41) is 22.5. The van der Waals surface area contributed by atoms with Crippen LogP contribution in [0, 0.1) is 0 Å². The number of thioether (sulfide) groups is 3. The molecule has 238 valence electrons. The number of hydrogen-bond donors (Lipinski definition) is 3. The van der Waals surface area contributed by atoms with Gasteiger partial charge in [-0.05, 0) is 23.1 Å². The van der Waals surface area contributed by atoms with Crippen molar-refractivity contribution in [3.8, 4) is 0 Å². The van der Waals surface area contributed by atoms with Gasteiger partial charge in [0.2, 0.25) is 5.91 Å². The Morgan fingerprint density at radius 1 is 1.22 bits per heavy atom. The third-order valence-corrected chi connectivity index (χ3v) is 12.4. The zero-order valence-electron chi connectivity index (χ0n) is 24.7. The monoisotopic (exact) mass is 714 g/mol. The molecule has 0 aromatic rings. The average molecular weight is 715 g/mol. The topological polar surface area (TPSA) is 195 Å². The Kier molecular flexibility index (Phi) is 11.5. The number of imide groups is 1. The second-order valence-electron chi connectivity index (χ2n) is 10.1. The predicted octanol–water partition coefficient (Wildman–Crippen LogP) is -3.32. The van der Waals surface area contributed by atoms with Crippen LogP contribution >= 0.6 is 47.2 Å². The summed E-state index contributed by atoms with van der Waals surface area (Å²) >= 11 is 6.02. The Hall–Kier alpha value is -2.46. The number of carboxylic acids is 1. The Balaban J connectivity index is 0.00000417. The number of fused-ring (bicyclic) bond motifs is 1. The first-order chi connectivity index (χ1) is 21.7. The van der Waals surface area contributed by atoms with Gasteiger partial charge in [-0.2, -0.15) is 5.10 Å². The first kappa shape index (κ1) is 34.9. The van der Waals surface area contributed by atoms with Gasteiger partial charge in [0.1, 0.15) is 22.5 Å². The molecule has 2 saturated heterocycles. The number of rotatable bonds is 9. The molecule has 6 amide bonds. The van der Waals surface area contributed by atoms with E-state index in [0.29, 0.717) is 34.7 Å². The van der Waals surface area contributed by atoms with Gasteiger partial charge in [-0.1, -0.05) is 12.2 Å². The van der Waals surface area contributed by atoms with E-state index in [1.54, 1.807) is 52.5 Å².